The fraction of sp³-hybridized carbons (Fsp3) is 0.538. The lowest BCUT2D eigenvalue weighted by molar-refractivity contribution is 0.263. The van der Waals surface area contributed by atoms with Crippen LogP contribution in [-0.4, -0.2) is 32.4 Å². The van der Waals surface area contributed by atoms with Crippen molar-refractivity contribution in [3.8, 4) is 5.75 Å². The highest BCUT2D eigenvalue weighted by molar-refractivity contribution is 5.50. The second-order valence-electron chi connectivity index (χ2n) is 3.94. The van der Waals surface area contributed by atoms with Crippen LogP contribution in [0.3, 0.4) is 0 Å². The average Bonchev–Trinajstić information content (AvgIpc) is 3.13. The Labute approximate surface area is 97.0 Å². The molecule has 3 nitrogen and oxygen atoms in total. The highest BCUT2D eigenvalue weighted by atomic mass is 16.6. The zero-order valence-electron chi connectivity index (χ0n) is 9.98. The van der Waals surface area contributed by atoms with Crippen LogP contribution in [0.2, 0.25) is 0 Å². The average molecular weight is 221 g/mol. The fourth-order valence-corrected chi connectivity index (χ4v) is 1.71. The first-order valence-corrected chi connectivity index (χ1v) is 5.93. The van der Waals surface area contributed by atoms with Crippen LogP contribution in [0.5, 0.6) is 5.75 Å². The molecule has 1 aromatic carbocycles. The van der Waals surface area contributed by atoms with E-state index >= 15 is 0 Å². The van der Waals surface area contributed by atoms with Crippen LogP contribution in [0.1, 0.15) is 13.8 Å². The van der Waals surface area contributed by atoms with Crippen LogP contribution >= 0.6 is 0 Å². The molecule has 0 saturated carbocycles. The number of nitrogens with zero attached hydrogens (tertiary/aromatic N) is 1. The normalized spacial score (nSPS) is 18.2. The topological polar surface area (TPSA) is 25.0 Å². The van der Waals surface area contributed by atoms with E-state index in [1.54, 1.807) is 0 Å². The predicted octanol–water partition coefficient (Wildman–Crippen LogP) is 2.31. The summed E-state index contributed by atoms with van der Waals surface area (Å²) in [7, 11) is 0. The quantitative estimate of drug-likeness (QED) is 0.689. The largest absolute Gasteiger partial charge is 0.491 e. The van der Waals surface area contributed by atoms with E-state index in [-0.39, 0.29) is 0 Å². The highest BCUT2D eigenvalue weighted by Gasteiger charge is 2.23. The van der Waals surface area contributed by atoms with Crippen molar-refractivity contribution >= 4 is 5.69 Å². The summed E-state index contributed by atoms with van der Waals surface area (Å²) in [6.07, 6.45) is 0.317. The molecule has 1 saturated heterocycles. The van der Waals surface area contributed by atoms with Gasteiger partial charge in [-0.3, -0.25) is 0 Å². The van der Waals surface area contributed by atoms with Gasteiger partial charge in [0.05, 0.1) is 6.61 Å². The van der Waals surface area contributed by atoms with Gasteiger partial charge in [0.25, 0.3) is 0 Å². The summed E-state index contributed by atoms with van der Waals surface area (Å²) in [5.74, 6) is 0.930. The van der Waals surface area contributed by atoms with Crippen LogP contribution < -0.4 is 9.64 Å². The molecule has 1 aromatic rings. The van der Waals surface area contributed by atoms with Crippen molar-refractivity contribution in [2.75, 3.05) is 31.2 Å². The van der Waals surface area contributed by atoms with Crippen LogP contribution in [0.4, 0.5) is 5.69 Å². The first-order valence-electron chi connectivity index (χ1n) is 5.93. The zero-order valence-corrected chi connectivity index (χ0v) is 9.98. The third-order valence-corrected chi connectivity index (χ3v) is 2.78. The van der Waals surface area contributed by atoms with Gasteiger partial charge in [-0.1, -0.05) is 6.07 Å². The third kappa shape index (κ3) is 2.89. The molecule has 88 valence electrons. The number of epoxide rings is 1. The van der Waals surface area contributed by atoms with Gasteiger partial charge in [-0.15, -0.1) is 0 Å². The molecule has 1 heterocycles. The minimum absolute atomic E-state index is 0.317. The number of hydrogen-bond donors (Lipinski definition) is 0. The van der Waals surface area contributed by atoms with Gasteiger partial charge in [-0.05, 0) is 26.0 Å². The number of hydrogen-bond acceptors (Lipinski definition) is 3. The SMILES string of the molecule is CCN(CC)c1cccc(OC[C@@H]2CO2)c1. The maximum absolute atomic E-state index is 5.66. The summed E-state index contributed by atoms with van der Waals surface area (Å²) in [5, 5.41) is 0. The second-order valence-corrected chi connectivity index (χ2v) is 3.94. The molecule has 0 aromatic heterocycles. The molecule has 1 aliphatic rings. The van der Waals surface area contributed by atoms with Crippen molar-refractivity contribution in [1.29, 1.82) is 0 Å². The second kappa shape index (κ2) is 5.21. The maximum Gasteiger partial charge on any atom is 0.121 e. The molecule has 16 heavy (non-hydrogen) atoms. The Hall–Kier alpha value is -1.22. The molecule has 0 bridgehead atoms. The van der Waals surface area contributed by atoms with E-state index in [0.717, 1.165) is 25.4 Å². The minimum atomic E-state index is 0.317. The molecule has 0 N–H and O–H groups in total. The van der Waals surface area contributed by atoms with Crippen molar-refractivity contribution in [2.45, 2.75) is 20.0 Å². The molecule has 1 fully saturated rings. The summed E-state index contributed by atoms with van der Waals surface area (Å²) in [5.41, 5.74) is 1.22. The Bertz CT molecular complexity index is 332. The van der Waals surface area contributed by atoms with Gasteiger partial charge in [0.2, 0.25) is 0 Å². The van der Waals surface area contributed by atoms with E-state index in [9.17, 15) is 0 Å². The molecule has 0 amide bonds. The molecule has 1 aliphatic heterocycles. The third-order valence-electron chi connectivity index (χ3n) is 2.78. The molecule has 0 unspecified atom stereocenters. The Morgan fingerprint density at radius 2 is 2.12 bits per heavy atom. The van der Waals surface area contributed by atoms with Crippen molar-refractivity contribution < 1.29 is 9.47 Å². The van der Waals surface area contributed by atoms with Crippen LogP contribution in [-0.2, 0) is 4.74 Å². The maximum atomic E-state index is 5.66. The standard InChI is InChI=1S/C13H19NO2/c1-3-14(4-2)11-6-5-7-12(8-11)15-9-13-10-16-13/h5-8,13H,3-4,9-10H2,1-2H3/t13-/m1/s1. The van der Waals surface area contributed by atoms with Crippen LogP contribution in [0.15, 0.2) is 24.3 Å². The molecule has 0 aliphatic carbocycles. The van der Waals surface area contributed by atoms with Gasteiger partial charge in [0, 0.05) is 24.8 Å². The van der Waals surface area contributed by atoms with Gasteiger partial charge >= 0.3 is 0 Å². The van der Waals surface area contributed by atoms with Gasteiger partial charge in [-0.2, -0.15) is 0 Å². The predicted molar refractivity (Wildman–Crippen MR) is 65.2 cm³/mol. The summed E-state index contributed by atoms with van der Waals surface area (Å²) >= 11 is 0. The minimum Gasteiger partial charge on any atom is -0.491 e. The number of ether oxygens (including phenoxy) is 2. The first-order chi connectivity index (χ1) is 7.83. The van der Waals surface area contributed by atoms with Crippen molar-refractivity contribution in [3.05, 3.63) is 24.3 Å². The van der Waals surface area contributed by atoms with Crippen molar-refractivity contribution in [3.63, 3.8) is 0 Å². The van der Waals surface area contributed by atoms with Crippen LogP contribution in [0, 0.1) is 0 Å². The molecular formula is C13H19NO2. The van der Waals surface area contributed by atoms with E-state index in [0.29, 0.717) is 12.7 Å². The van der Waals surface area contributed by atoms with Crippen molar-refractivity contribution in [1.82, 2.24) is 0 Å². The lowest BCUT2D eigenvalue weighted by atomic mass is 10.2. The summed E-state index contributed by atoms with van der Waals surface area (Å²) < 4.78 is 10.8. The Balaban J connectivity index is 1.99. The molecule has 3 heteroatoms. The molecule has 1 atom stereocenters. The Morgan fingerprint density at radius 1 is 1.38 bits per heavy atom. The zero-order chi connectivity index (χ0) is 11.4. The van der Waals surface area contributed by atoms with Crippen molar-refractivity contribution in [2.24, 2.45) is 0 Å². The van der Waals surface area contributed by atoms with Gasteiger partial charge < -0.3 is 14.4 Å². The smallest absolute Gasteiger partial charge is 0.121 e. The van der Waals surface area contributed by atoms with Gasteiger partial charge in [-0.25, -0.2) is 0 Å². The lowest BCUT2D eigenvalue weighted by Crippen LogP contribution is -2.21. The number of rotatable bonds is 6. The number of anilines is 1. The van der Waals surface area contributed by atoms with E-state index in [1.807, 2.05) is 12.1 Å². The molecule has 2 rings (SSSR count). The summed E-state index contributed by atoms with van der Waals surface area (Å²) in [4.78, 5) is 2.31. The lowest BCUT2D eigenvalue weighted by Gasteiger charge is -2.21. The van der Waals surface area contributed by atoms with Crippen LogP contribution in [0.25, 0.3) is 0 Å². The van der Waals surface area contributed by atoms with Gasteiger partial charge in [0.1, 0.15) is 18.5 Å². The van der Waals surface area contributed by atoms with E-state index in [2.05, 4.69) is 30.9 Å². The number of benzene rings is 1. The molecule has 0 radical (unpaired) electrons. The fourth-order valence-electron chi connectivity index (χ4n) is 1.71. The molecular weight excluding hydrogens is 202 g/mol. The first kappa shape index (κ1) is 11.3. The van der Waals surface area contributed by atoms with E-state index in [4.69, 9.17) is 9.47 Å². The Morgan fingerprint density at radius 3 is 2.75 bits per heavy atom. The van der Waals surface area contributed by atoms with E-state index in [1.165, 1.54) is 5.69 Å². The monoisotopic (exact) mass is 221 g/mol. The highest BCUT2D eigenvalue weighted by Crippen LogP contribution is 2.22. The van der Waals surface area contributed by atoms with Gasteiger partial charge in [0.15, 0.2) is 0 Å². The summed E-state index contributed by atoms with van der Waals surface area (Å²) in [6, 6.07) is 8.25. The molecule has 0 spiro atoms. The summed E-state index contributed by atoms with van der Waals surface area (Å²) in [6.45, 7) is 7.87. The Kier molecular flexibility index (Phi) is 3.67. The van der Waals surface area contributed by atoms with E-state index < -0.39 is 0 Å².